The van der Waals surface area contributed by atoms with Crippen LogP contribution in [-0.4, -0.2) is 48.1 Å². The van der Waals surface area contributed by atoms with Gasteiger partial charge in [0.1, 0.15) is 5.75 Å². The highest BCUT2D eigenvalue weighted by molar-refractivity contribution is 5.95. The van der Waals surface area contributed by atoms with E-state index in [-0.39, 0.29) is 17.7 Å². The van der Waals surface area contributed by atoms with Crippen LogP contribution in [0, 0.1) is 5.92 Å². The average Bonchev–Trinajstić information content (AvgIpc) is 3.93. The fourth-order valence-corrected chi connectivity index (χ4v) is 6.28. The Morgan fingerprint density at radius 3 is 2.38 bits per heavy atom. The quantitative estimate of drug-likeness (QED) is 0.165. The first kappa shape index (κ1) is 30.4. The van der Waals surface area contributed by atoms with Crippen LogP contribution in [-0.2, 0) is 24.2 Å². The van der Waals surface area contributed by atoms with Gasteiger partial charge >= 0.3 is 0 Å². The first-order valence-corrected chi connectivity index (χ1v) is 16.1. The lowest BCUT2D eigenvalue weighted by Gasteiger charge is -2.29. The van der Waals surface area contributed by atoms with E-state index >= 15 is 0 Å². The predicted molar refractivity (Wildman–Crippen MR) is 182 cm³/mol. The Hall–Kier alpha value is -5.21. The topological polar surface area (TPSA) is 85.8 Å². The van der Waals surface area contributed by atoms with E-state index in [2.05, 4.69) is 44.5 Å². The fourth-order valence-electron chi connectivity index (χ4n) is 6.28. The number of amides is 1. The van der Waals surface area contributed by atoms with Gasteiger partial charge in [-0.15, -0.1) is 0 Å². The minimum atomic E-state index is -0.0528. The molecule has 2 unspecified atom stereocenters. The van der Waals surface area contributed by atoms with Crippen molar-refractivity contribution in [1.82, 2.24) is 14.9 Å². The second-order valence-corrected chi connectivity index (χ2v) is 12.2. The molecule has 1 fully saturated rings. The van der Waals surface area contributed by atoms with Crippen LogP contribution in [0.1, 0.15) is 34.6 Å². The molecule has 1 amide bonds. The summed E-state index contributed by atoms with van der Waals surface area (Å²) in [4.78, 5) is 24.4. The summed E-state index contributed by atoms with van der Waals surface area (Å²) in [6.45, 7) is 2.89. The van der Waals surface area contributed by atoms with E-state index in [9.17, 15) is 4.79 Å². The Kier molecular flexibility index (Phi) is 8.84. The molecule has 1 aliphatic carbocycles. The number of pyridine rings is 2. The lowest BCUT2D eigenvalue weighted by Crippen LogP contribution is -2.32. The molecule has 0 saturated heterocycles. The average molecular weight is 627 g/mol. The van der Waals surface area contributed by atoms with Gasteiger partial charge in [-0.25, -0.2) is 4.98 Å². The van der Waals surface area contributed by atoms with Crippen LogP contribution in [0.25, 0.3) is 11.3 Å². The number of methoxy groups -OCH3 is 2. The maximum Gasteiger partial charge on any atom is 0.228 e. The number of ether oxygens (including phenoxy) is 3. The van der Waals surface area contributed by atoms with Gasteiger partial charge in [-0.1, -0.05) is 24.3 Å². The Bertz CT molecular complexity index is 1830. The summed E-state index contributed by atoms with van der Waals surface area (Å²) in [5.74, 6) is 2.97. The number of benzene rings is 3. The van der Waals surface area contributed by atoms with E-state index in [0.717, 1.165) is 72.9 Å². The lowest BCUT2D eigenvalue weighted by atomic mass is 9.98. The molecular weight excluding hydrogens is 588 g/mol. The standard InChI is InChI=1S/C39H38N4O4/c1-45-36-21-28-17-20-43(25-30(28)22-37(36)46-2)19-16-26-6-11-31(12-7-26)42-39(44)34-23-33(34)29-10-15-38(41-24-29)47-32-13-8-27(9-14-32)35-5-3-4-18-40-35/h3-15,18,21-22,24,33-34H,16-17,19-20,23,25H2,1-2H3,(H,42,44). The number of nitrogens with one attached hydrogen (secondary N) is 1. The van der Waals surface area contributed by atoms with Crippen LogP contribution < -0.4 is 19.5 Å². The molecule has 2 atom stereocenters. The molecule has 3 heterocycles. The molecule has 0 bridgehead atoms. The first-order valence-electron chi connectivity index (χ1n) is 16.1. The highest BCUT2D eigenvalue weighted by Gasteiger charge is 2.44. The number of hydrogen-bond acceptors (Lipinski definition) is 7. The summed E-state index contributed by atoms with van der Waals surface area (Å²) in [6, 6.07) is 30.0. The second-order valence-electron chi connectivity index (χ2n) is 12.2. The number of carbonyl (C=O) groups excluding carboxylic acids is 1. The number of fused-ring (bicyclic) bond motifs is 1. The highest BCUT2D eigenvalue weighted by atomic mass is 16.5. The normalized spacial score (nSPS) is 17.0. The van der Waals surface area contributed by atoms with E-state index in [1.165, 1.54) is 16.7 Å². The third-order valence-electron chi connectivity index (χ3n) is 9.09. The van der Waals surface area contributed by atoms with E-state index in [0.29, 0.717) is 11.6 Å². The summed E-state index contributed by atoms with van der Waals surface area (Å²) >= 11 is 0. The largest absolute Gasteiger partial charge is 0.493 e. The van der Waals surface area contributed by atoms with E-state index in [1.54, 1.807) is 20.4 Å². The van der Waals surface area contributed by atoms with Crippen molar-refractivity contribution in [3.63, 3.8) is 0 Å². The minimum Gasteiger partial charge on any atom is -0.493 e. The van der Waals surface area contributed by atoms with Crippen molar-refractivity contribution in [3.05, 3.63) is 126 Å². The van der Waals surface area contributed by atoms with Crippen molar-refractivity contribution in [2.75, 3.05) is 32.6 Å². The Balaban J connectivity index is 0.869. The van der Waals surface area contributed by atoms with Crippen LogP contribution in [0.3, 0.4) is 0 Å². The zero-order valence-corrected chi connectivity index (χ0v) is 26.7. The highest BCUT2D eigenvalue weighted by Crippen LogP contribution is 2.48. The van der Waals surface area contributed by atoms with Crippen molar-refractivity contribution in [2.45, 2.75) is 31.7 Å². The zero-order chi connectivity index (χ0) is 32.2. The number of hydrogen-bond donors (Lipinski definition) is 1. The van der Waals surface area contributed by atoms with Gasteiger partial charge in [-0.05, 0) is 108 Å². The van der Waals surface area contributed by atoms with Crippen molar-refractivity contribution < 1.29 is 19.0 Å². The molecule has 1 saturated carbocycles. The van der Waals surface area contributed by atoms with Crippen molar-refractivity contribution in [1.29, 1.82) is 0 Å². The van der Waals surface area contributed by atoms with Gasteiger partial charge in [0.15, 0.2) is 11.5 Å². The molecule has 238 valence electrons. The maximum absolute atomic E-state index is 13.0. The molecule has 8 nitrogen and oxygen atoms in total. The van der Waals surface area contributed by atoms with Gasteiger partial charge < -0.3 is 19.5 Å². The van der Waals surface area contributed by atoms with E-state index in [1.807, 2.05) is 72.9 Å². The number of carbonyl (C=O) groups is 1. The predicted octanol–water partition coefficient (Wildman–Crippen LogP) is 7.30. The molecule has 1 N–H and O–H groups in total. The Morgan fingerprint density at radius 2 is 1.68 bits per heavy atom. The summed E-state index contributed by atoms with van der Waals surface area (Å²) < 4.78 is 16.9. The molecule has 5 aromatic rings. The number of nitrogens with zero attached hydrogens (tertiary/aromatic N) is 3. The zero-order valence-electron chi connectivity index (χ0n) is 26.7. The van der Waals surface area contributed by atoms with Crippen LogP contribution in [0.2, 0.25) is 0 Å². The number of aromatic nitrogens is 2. The molecular formula is C39H38N4O4. The van der Waals surface area contributed by atoms with Crippen molar-refractivity contribution >= 4 is 11.6 Å². The Labute approximate surface area is 275 Å². The summed E-state index contributed by atoms with van der Waals surface area (Å²) in [5, 5.41) is 3.11. The molecule has 7 rings (SSSR count). The first-order chi connectivity index (χ1) is 23.1. The molecule has 0 spiro atoms. The minimum absolute atomic E-state index is 0.0510. The molecule has 47 heavy (non-hydrogen) atoms. The molecule has 1 aliphatic heterocycles. The number of rotatable bonds is 11. The fraction of sp³-hybridized carbons (Fsp3) is 0.256. The molecule has 2 aromatic heterocycles. The Morgan fingerprint density at radius 1 is 0.894 bits per heavy atom. The van der Waals surface area contributed by atoms with Gasteiger partial charge in [-0.2, -0.15) is 0 Å². The molecule has 8 heteroatoms. The van der Waals surface area contributed by atoms with Crippen LogP contribution in [0.5, 0.6) is 23.1 Å². The van der Waals surface area contributed by atoms with Crippen molar-refractivity contribution in [3.8, 4) is 34.4 Å². The van der Waals surface area contributed by atoms with Gasteiger partial charge in [0.25, 0.3) is 0 Å². The summed E-state index contributed by atoms with van der Waals surface area (Å²) in [6.07, 6.45) is 6.37. The summed E-state index contributed by atoms with van der Waals surface area (Å²) in [5.41, 5.74) is 7.71. The van der Waals surface area contributed by atoms with Gasteiger partial charge in [0.2, 0.25) is 11.8 Å². The molecule has 3 aromatic carbocycles. The van der Waals surface area contributed by atoms with Crippen LogP contribution >= 0.6 is 0 Å². The number of anilines is 1. The van der Waals surface area contributed by atoms with Gasteiger partial charge in [0, 0.05) is 55.3 Å². The summed E-state index contributed by atoms with van der Waals surface area (Å²) in [7, 11) is 3.36. The third-order valence-corrected chi connectivity index (χ3v) is 9.09. The van der Waals surface area contributed by atoms with Crippen LogP contribution in [0.4, 0.5) is 5.69 Å². The smallest absolute Gasteiger partial charge is 0.228 e. The van der Waals surface area contributed by atoms with Gasteiger partial charge in [-0.3, -0.25) is 14.7 Å². The van der Waals surface area contributed by atoms with E-state index in [4.69, 9.17) is 14.2 Å². The monoisotopic (exact) mass is 626 g/mol. The third kappa shape index (κ3) is 7.13. The van der Waals surface area contributed by atoms with Gasteiger partial charge in [0.05, 0.1) is 19.9 Å². The lowest BCUT2D eigenvalue weighted by molar-refractivity contribution is -0.117. The maximum atomic E-state index is 13.0. The van der Waals surface area contributed by atoms with E-state index < -0.39 is 0 Å². The molecule has 2 aliphatic rings. The molecule has 0 radical (unpaired) electrons. The van der Waals surface area contributed by atoms with Crippen LogP contribution in [0.15, 0.2) is 103 Å². The van der Waals surface area contributed by atoms with Crippen molar-refractivity contribution in [2.24, 2.45) is 5.92 Å². The second kappa shape index (κ2) is 13.6. The SMILES string of the molecule is COc1cc2c(cc1OC)CN(CCc1ccc(NC(=O)C3CC3c3ccc(Oc4ccc(-c5ccccn5)cc4)nc3)cc1)CC2.